The van der Waals surface area contributed by atoms with Crippen molar-refractivity contribution >= 4 is 26.0 Å². The van der Waals surface area contributed by atoms with Crippen LogP contribution in [0.4, 0.5) is 4.39 Å². The van der Waals surface area contributed by atoms with Crippen molar-refractivity contribution in [1.29, 1.82) is 0 Å². The molecule has 0 N–H and O–H groups in total. The molecule has 2 aromatic carbocycles. The predicted molar refractivity (Wildman–Crippen MR) is 106 cm³/mol. The first-order valence-electron chi connectivity index (χ1n) is 8.47. The summed E-state index contributed by atoms with van der Waals surface area (Å²) < 4.78 is 40.2. The molecule has 154 valence electrons. The molecule has 0 spiro atoms. The lowest BCUT2D eigenvalue weighted by molar-refractivity contribution is -0.292. The minimum atomic E-state index is -3.99. The van der Waals surface area contributed by atoms with Crippen LogP contribution in [0.25, 0.3) is 0 Å². The third-order valence-corrected chi connectivity index (χ3v) is 5.79. The summed E-state index contributed by atoms with van der Waals surface area (Å²) in [6, 6.07) is 13.9. The number of hydrogen-bond acceptors (Lipinski definition) is 6. The van der Waals surface area contributed by atoms with Gasteiger partial charge in [0.15, 0.2) is 0 Å². The highest BCUT2D eigenvalue weighted by atomic mass is 79.9. The van der Waals surface area contributed by atoms with Gasteiger partial charge in [-0.15, -0.1) is 5.10 Å². The quantitative estimate of drug-likeness (QED) is 0.342. The SMILES string of the molecule is CON(OC(Br)Cc1cn(Cc2ccc(F)cc2)nn1)S(=O)(=O)c1ccccc1. The number of rotatable bonds is 9. The van der Waals surface area contributed by atoms with Crippen molar-refractivity contribution in [2.24, 2.45) is 0 Å². The lowest BCUT2D eigenvalue weighted by Gasteiger charge is -2.21. The van der Waals surface area contributed by atoms with Crippen molar-refractivity contribution in [3.8, 4) is 0 Å². The number of benzene rings is 2. The van der Waals surface area contributed by atoms with Gasteiger partial charge in [0.1, 0.15) is 10.8 Å². The van der Waals surface area contributed by atoms with Gasteiger partial charge in [0.2, 0.25) is 0 Å². The monoisotopic (exact) mass is 484 g/mol. The van der Waals surface area contributed by atoms with Gasteiger partial charge in [0.05, 0.1) is 28.9 Å². The maximum atomic E-state index is 13.0. The Morgan fingerprint density at radius 1 is 1.17 bits per heavy atom. The normalized spacial score (nSPS) is 13.0. The van der Waals surface area contributed by atoms with Gasteiger partial charge < -0.3 is 0 Å². The van der Waals surface area contributed by atoms with Crippen LogP contribution in [0.1, 0.15) is 11.3 Å². The van der Waals surface area contributed by atoms with Crippen LogP contribution in [0.5, 0.6) is 0 Å². The summed E-state index contributed by atoms with van der Waals surface area (Å²) in [7, 11) is -2.80. The number of nitrogens with zero attached hydrogens (tertiary/aromatic N) is 4. The second kappa shape index (κ2) is 9.55. The van der Waals surface area contributed by atoms with Crippen molar-refractivity contribution in [1.82, 2.24) is 19.6 Å². The molecule has 0 aliphatic rings. The van der Waals surface area contributed by atoms with E-state index in [2.05, 4.69) is 26.2 Å². The zero-order valence-corrected chi connectivity index (χ0v) is 17.8. The van der Waals surface area contributed by atoms with Crippen LogP contribution in [0.3, 0.4) is 0 Å². The Balaban J connectivity index is 1.62. The molecular formula is C18H18BrFN4O4S. The molecule has 0 aliphatic heterocycles. The lowest BCUT2D eigenvalue weighted by Crippen LogP contribution is -2.33. The summed E-state index contributed by atoms with van der Waals surface area (Å²) in [5, 5.41) is 7.32. The van der Waals surface area contributed by atoms with Gasteiger partial charge in [-0.3, -0.25) is 4.84 Å². The van der Waals surface area contributed by atoms with E-state index in [9.17, 15) is 12.8 Å². The van der Waals surface area contributed by atoms with Crippen molar-refractivity contribution in [3.63, 3.8) is 0 Å². The molecule has 3 rings (SSSR count). The van der Waals surface area contributed by atoms with Crippen LogP contribution in [0.2, 0.25) is 0 Å². The van der Waals surface area contributed by atoms with Crippen LogP contribution < -0.4 is 0 Å². The molecule has 0 amide bonds. The molecule has 29 heavy (non-hydrogen) atoms. The van der Waals surface area contributed by atoms with E-state index >= 15 is 0 Å². The molecule has 0 saturated carbocycles. The summed E-state index contributed by atoms with van der Waals surface area (Å²) in [5.41, 5.74) is 1.44. The summed E-state index contributed by atoms with van der Waals surface area (Å²) in [4.78, 5) is 10.3. The maximum Gasteiger partial charge on any atom is 0.288 e. The van der Waals surface area contributed by atoms with E-state index in [1.807, 2.05) is 0 Å². The number of aromatic nitrogens is 3. The highest BCUT2D eigenvalue weighted by Crippen LogP contribution is 2.20. The largest absolute Gasteiger partial charge is 0.288 e. The number of sulfonamides is 1. The Labute approximate surface area is 175 Å². The van der Waals surface area contributed by atoms with Gasteiger partial charge in [-0.05, 0) is 29.8 Å². The highest BCUT2D eigenvalue weighted by Gasteiger charge is 2.28. The molecule has 1 heterocycles. The Bertz CT molecular complexity index is 1030. The lowest BCUT2D eigenvalue weighted by atomic mass is 10.2. The van der Waals surface area contributed by atoms with E-state index in [1.54, 1.807) is 41.2 Å². The molecule has 0 bridgehead atoms. The fourth-order valence-corrected chi connectivity index (χ4v) is 4.14. The Hall–Kier alpha value is -2.18. The fourth-order valence-electron chi connectivity index (χ4n) is 2.46. The van der Waals surface area contributed by atoms with Crippen molar-refractivity contribution in [2.75, 3.05) is 7.11 Å². The topological polar surface area (TPSA) is 86.6 Å². The molecule has 1 aromatic heterocycles. The molecule has 0 aliphatic carbocycles. The van der Waals surface area contributed by atoms with Crippen LogP contribution in [-0.2, 0) is 32.7 Å². The fraction of sp³-hybridized carbons (Fsp3) is 0.222. The zero-order valence-electron chi connectivity index (χ0n) is 15.4. The molecular weight excluding hydrogens is 467 g/mol. The van der Waals surface area contributed by atoms with Gasteiger partial charge in [-0.25, -0.2) is 22.3 Å². The average molecular weight is 485 g/mol. The smallest absolute Gasteiger partial charge is 0.264 e. The molecule has 1 atom stereocenters. The summed E-state index contributed by atoms with van der Waals surface area (Å²) in [5.74, 6) is -0.305. The van der Waals surface area contributed by atoms with Gasteiger partial charge >= 0.3 is 0 Å². The molecule has 8 nitrogen and oxygen atoms in total. The minimum Gasteiger partial charge on any atom is -0.264 e. The third kappa shape index (κ3) is 5.67. The second-order valence-corrected chi connectivity index (χ2v) is 8.69. The van der Waals surface area contributed by atoms with Crippen molar-refractivity contribution in [3.05, 3.63) is 77.9 Å². The van der Waals surface area contributed by atoms with Gasteiger partial charge in [-0.1, -0.05) is 51.5 Å². The first-order chi connectivity index (χ1) is 13.9. The van der Waals surface area contributed by atoms with E-state index in [0.717, 1.165) is 5.56 Å². The standard InChI is InChI=1S/C18H18BrFN4O4S/c1-27-24(29(25,26)17-5-3-2-4-6-17)28-18(19)11-16-13-23(22-21-16)12-14-7-9-15(20)10-8-14/h2-10,13,18H,11-12H2,1H3. The van der Waals surface area contributed by atoms with Crippen LogP contribution in [0.15, 0.2) is 65.7 Å². The predicted octanol–water partition coefficient (Wildman–Crippen LogP) is 2.91. The average Bonchev–Trinajstić information content (AvgIpc) is 3.15. The van der Waals surface area contributed by atoms with Crippen molar-refractivity contribution in [2.45, 2.75) is 22.9 Å². The number of hydrogen-bond donors (Lipinski definition) is 0. The first-order valence-corrected chi connectivity index (χ1v) is 10.8. The molecule has 0 saturated heterocycles. The number of alkyl halides is 1. The second-order valence-electron chi connectivity index (χ2n) is 5.95. The number of halogens is 2. The maximum absolute atomic E-state index is 13.0. The minimum absolute atomic E-state index is 0.0341. The molecule has 0 radical (unpaired) electrons. The summed E-state index contributed by atoms with van der Waals surface area (Å²) in [6.45, 7) is 0.424. The Morgan fingerprint density at radius 2 is 1.86 bits per heavy atom. The van der Waals surface area contributed by atoms with E-state index in [-0.39, 0.29) is 17.1 Å². The van der Waals surface area contributed by atoms with E-state index in [0.29, 0.717) is 16.9 Å². The summed E-state index contributed by atoms with van der Waals surface area (Å²) >= 11 is 3.28. The molecule has 3 aromatic rings. The van der Waals surface area contributed by atoms with E-state index in [4.69, 9.17) is 9.68 Å². The van der Waals surface area contributed by atoms with Gasteiger partial charge in [-0.2, -0.15) is 0 Å². The van der Waals surface area contributed by atoms with Crippen molar-refractivity contribution < 1.29 is 22.5 Å². The van der Waals surface area contributed by atoms with E-state index in [1.165, 1.54) is 31.4 Å². The van der Waals surface area contributed by atoms with Gasteiger partial charge in [0, 0.05) is 12.6 Å². The highest BCUT2D eigenvalue weighted by molar-refractivity contribution is 9.09. The van der Waals surface area contributed by atoms with E-state index < -0.39 is 15.0 Å². The first kappa shape index (κ1) is 21.5. The van der Waals surface area contributed by atoms with Crippen LogP contribution in [-0.4, -0.2) is 40.2 Å². The molecule has 11 heteroatoms. The molecule has 1 unspecified atom stereocenters. The summed E-state index contributed by atoms with van der Waals surface area (Å²) in [6.07, 6.45) is 1.93. The van der Waals surface area contributed by atoms with Crippen LogP contribution in [0, 0.1) is 5.82 Å². The molecule has 0 fully saturated rings. The zero-order chi connectivity index (χ0) is 20.9. The van der Waals surface area contributed by atoms with Crippen LogP contribution >= 0.6 is 15.9 Å². The Kier molecular flexibility index (Phi) is 7.09. The third-order valence-electron chi connectivity index (χ3n) is 3.80. The Morgan fingerprint density at radius 3 is 2.52 bits per heavy atom. The van der Waals surface area contributed by atoms with Gasteiger partial charge in [0.25, 0.3) is 10.0 Å².